The van der Waals surface area contributed by atoms with E-state index in [-0.39, 0.29) is 12.3 Å². The van der Waals surface area contributed by atoms with Gasteiger partial charge >= 0.3 is 6.85 Å². The highest BCUT2D eigenvalue weighted by Crippen LogP contribution is 2.42. The molecule has 0 N–H and O–H groups in total. The van der Waals surface area contributed by atoms with Gasteiger partial charge in [0, 0.05) is 38.3 Å². The van der Waals surface area contributed by atoms with Crippen molar-refractivity contribution >= 4 is 39.6 Å². The Morgan fingerprint density at radius 3 is 1.32 bits per heavy atom. The molecule has 0 saturated carbocycles. The first-order valence-electron chi connectivity index (χ1n) is 14.5. The lowest BCUT2D eigenvalue weighted by Crippen LogP contribution is -2.58. The third kappa shape index (κ3) is 3.50. The van der Waals surface area contributed by atoms with Crippen molar-refractivity contribution in [2.24, 2.45) is 0 Å². The van der Waals surface area contributed by atoms with Crippen molar-refractivity contribution in [3.05, 3.63) is 157 Å². The number of para-hydroxylation sites is 2. The molecule has 6 aromatic carbocycles. The van der Waals surface area contributed by atoms with Gasteiger partial charge in [-0.25, -0.2) is 0 Å². The highest BCUT2D eigenvalue weighted by Gasteiger charge is 2.41. The smallest absolute Gasteiger partial charge is 0.328 e. The van der Waals surface area contributed by atoms with Gasteiger partial charge in [0.25, 0.3) is 0 Å². The van der Waals surface area contributed by atoms with Crippen molar-refractivity contribution in [3.63, 3.8) is 0 Å². The Labute approximate surface area is 241 Å². The molecule has 0 amide bonds. The molecule has 0 saturated heterocycles. The van der Waals surface area contributed by atoms with Crippen molar-refractivity contribution in [1.29, 1.82) is 0 Å². The van der Waals surface area contributed by atoms with E-state index in [0.29, 0.717) is 0 Å². The SMILES string of the molecule is CC1(C)c2ccccc2B(n2c3c(-c4ccccc4)cccc3c3cccc(-c4ccccc4)c32)c2ccccc21. The monoisotopic (exact) mass is 523 g/mol. The Morgan fingerprint density at radius 1 is 0.439 bits per heavy atom. The van der Waals surface area contributed by atoms with Gasteiger partial charge in [0.15, 0.2) is 0 Å². The lowest BCUT2D eigenvalue weighted by molar-refractivity contribution is 0.645. The third-order valence-electron chi connectivity index (χ3n) is 9.13. The van der Waals surface area contributed by atoms with Crippen LogP contribution >= 0.6 is 0 Å². The van der Waals surface area contributed by atoms with Crippen LogP contribution in [0.25, 0.3) is 44.1 Å². The standard InChI is InChI=1S/C39H30BN/c1-39(2)33-23-9-11-25-35(33)40(36-26-12-10-24-34(36)39)41-37-29(27-15-5-3-6-16-27)19-13-21-31(37)32-22-14-20-30(38(32)41)28-17-7-4-8-18-28/h3-26H,1-2H3. The van der Waals surface area contributed by atoms with Crippen LogP contribution in [0.4, 0.5) is 0 Å². The molecule has 0 fully saturated rings. The van der Waals surface area contributed by atoms with Gasteiger partial charge in [-0.3, -0.25) is 0 Å². The Hall–Kier alpha value is -4.82. The lowest BCUT2D eigenvalue weighted by atomic mass is 9.41. The second-order valence-corrected chi connectivity index (χ2v) is 11.7. The van der Waals surface area contributed by atoms with E-state index in [2.05, 4.69) is 164 Å². The zero-order valence-electron chi connectivity index (χ0n) is 23.4. The third-order valence-corrected chi connectivity index (χ3v) is 9.13. The highest BCUT2D eigenvalue weighted by molar-refractivity contribution is 6.86. The summed E-state index contributed by atoms with van der Waals surface area (Å²) >= 11 is 0. The zero-order valence-corrected chi connectivity index (χ0v) is 23.4. The summed E-state index contributed by atoms with van der Waals surface area (Å²) in [6, 6.07) is 53.5. The van der Waals surface area contributed by atoms with Gasteiger partial charge in [-0.05, 0) is 33.2 Å². The van der Waals surface area contributed by atoms with Crippen molar-refractivity contribution in [2.45, 2.75) is 19.3 Å². The summed E-state index contributed by atoms with van der Waals surface area (Å²) in [5.41, 5.74) is 13.0. The first kappa shape index (κ1) is 24.0. The molecule has 0 radical (unpaired) electrons. The van der Waals surface area contributed by atoms with E-state index in [1.54, 1.807) is 0 Å². The van der Waals surface area contributed by atoms with Crippen molar-refractivity contribution in [1.82, 2.24) is 4.48 Å². The fourth-order valence-corrected chi connectivity index (χ4v) is 7.31. The van der Waals surface area contributed by atoms with Crippen LogP contribution in [0.3, 0.4) is 0 Å². The van der Waals surface area contributed by atoms with Crippen LogP contribution in [0.15, 0.2) is 146 Å². The molecule has 2 heterocycles. The Kier molecular flexibility index (Phi) is 5.34. The van der Waals surface area contributed by atoms with Crippen LogP contribution in [0.2, 0.25) is 0 Å². The average Bonchev–Trinajstić information content (AvgIpc) is 3.37. The first-order valence-corrected chi connectivity index (χ1v) is 14.5. The van der Waals surface area contributed by atoms with Gasteiger partial charge in [0.2, 0.25) is 0 Å². The van der Waals surface area contributed by atoms with Gasteiger partial charge < -0.3 is 4.48 Å². The number of fused-ring (bicyclic) bond motifs is 5. The molecule has 1 nitrogen and oxygen atoms in total. The molecular formula is C39H30BN. The first-order chi connectivity index (χ1) is 20.1. The lowest BCUT2D eigenvalue weighted by Gasteiger charge is -2.39. The predicted molar refractivity (Wildman–Crippen MR) is 176 cm³/mol. The normalized spacial score (nSPS) is 13.8. The minimum absolute atomic E-state index is 0.0325. The van der Waals surface area contributed by atoms with Crippen molar-refractivity contribution < 1.29 is 0 Å². The molecule has 1 aromatic heterocycles. The molecule has 1 aliphatic rings. The van der Waals surface area contributed by atoms with Crippen LogP contribution in [0.1, 0.15) is 25.0 Å². The van der Waals surface area contributed by atoms with Gasteiger partial charge in [-0.2, -0.15) is 0 Å². The number of aromatic nitrogens is 1. The molecule has 194 valence electrons. The average molecular weight is 523 g/mol. The maximum atomic E-state index is 2.67. The van der Waals surface area contributed by atoms with E-state index < -0.39 is 0 Å². The maximum absolute atomic E-state index is 2.67. The second-order valence-electron chi connectivity index (χ2n) is 11.7. The highest BCUT2D eigenvalue weighted by atomic mass is 14.9. The molecule has 0 atom stereocenters. The van der Waals surface area contributed by atoms with Crippen molar-refractivity contribution in [2.75, 3.05) is 0 Å². The van der Waals surface area contributed by atoms with E-state index in [0.717, 1.165) is 0 Å². The predicted octanol–water partition coefficient (Wildman–Crippen LogP) is 8.42. The van der Waals surface area contributed by atoms with Gasteiger partial charge in [-0.15, -0.1) is 0 Å². The molecule has 0 aliphatic carbocycles. The Morgan fingerprint density at radius 2 is 0.854 bits per heavy atom. The largest absolute Gasteiger partial charge is 0.375 e. The number of rotatable bonds is 3. The van der Waals surface area contributed by atoms with E-state index in [9.17, 15) is 0 Å². The fourth-order valence-electron chi connectivity index (χ4n) is 7.31. The van der Waals surface area contributed by atoms with E-state index in [1.807, 2.05) is 0 Å². The minimum Gasteiger partial charge on any atom is -0.375 e. The van der Waals surface area contributed by atoms with Crippen LogP contribution in [-0.4, -0.2) is 11.3 Å². The molecule has 8 rings (SSSR count). The summed E-state index contributed by atoms with van der Waals surface area (Å²) < 4.78 is 2.67. The van der Waals surface area contributed by atoms with Gasteiger partial charge in [0.1, 0.15) is 0 Å². The minimum atomic E-state index is -0.0903. The number of hydrogen-bond donors (Lipinski definition) is 0. The fraction of sp³-hybridized carbons (Fsp3) is 0.0769. The topological polar surface area (TPSA) is 4.93 Å². The van der Waals surface area contributed by atoms with Crippen molar-refractivity contribution in [3.8, 4) is 22.3 Å². The van der Waals surface area contributed by atoms with E-state index >= 15 is 0 Å². The summed E-state index contributed by atoms with van der Waals surface area (Å²) in [5, 5.41) is 2.58. The molecule has 0 unspecified atom stereocenters. The molecular weight excluding hydrogens is 493 g/mol. The van der Waals surface area contributed by atoms with E-state index in [4.69, 9.17) is 0 Å². The number of nitrogens with zero attached hydrogens (tertiary/aromatic N) is 1. The Balaban J connectivity index is 1.60. The van der Waals surface area contributed by atoms with Crippen LogP contribution < -0.4 is 10.9 Å². The van der Waals surface area contributed by atoms with Gasteiger partial charge in [0.05, 0.1) is 0 Å². The second kappa shape index (κ2) is 9.11. The van der Waals surface area contributed by atoms with Crippen LogP contribution in [0, 0.1) is 0 Å². The van der Waals surface area contributed by atoms with Crippen LogP contribution in [0.5, 0.6) is 0 Å². The quantitative estimate of drug-likeness (QED) is 0.205. The Bertz CT molecular complexity index is 1920. The van der Waals surface area contributed by atoms with Crippen LogP contribution in [-0.2, 0) is 5.41 Å². The zero-order chi connectivity index (χ0) is 27.6. The molecule has 0 bridgehead atoms. The van der Waals surface area contributed by atoms with E-state index in [1.165, 1.54) is 66.1 Å². The molecule has 2 heteroatoms. The molecule has 7 aromatic rings. The number of hydrogen-bond acceptors (Lipinski definition) is 0. The molecule has 41 heavy (non-hydrogen) atoms. The maximum Gasteiger partial charge on any atom is 0.328 e. The summed E-state index contributed by atoms with van der Waals surface area (Å²) in [5.74, 6) is 0. The van der Waals surface area contributed by atoms with Gasteiger partial charge in [-0.1, -0.05) is 159 Å². The molecule has 0 spiro atoms. The summed E-state index contributed by atoms with van der Waals surface area (Å²) in [6.07, 6.45) is 0. The summed E-state index contributed by atoms with van der Waals surface area (Å²) in [6.45, 7) is 4.78. The summed E-state index contributed by atoms with van der Waals surface area (Å²) in [7, 11) is 0. The summed E-state index contributed by atoms with van der Waals surface area (Å²) in [4.78, 5) is 0. The number of benzene rings is 6. The molecule has 1 aliphatic heterocycles.